The quantitative estimate of drug-likeness (QED) is 0.875. The Morgan fingerprint density at radius 1 is 1.43 bits per heavy atom. The molecule has 1 aliphatic heterocycles. The summed E-state index contributed by atoms with van der Waals surface area (Å²) in [6.45, 7) is 8.09. The molecule has 0 saturated carbocycles. The van der Waals surface area contributed by atoms with Gasteiger partial charge in [0.05, 0.1) is 17.1 Å². The number of hydrogen-bond donors (Lipinski definition) is 1. The van der Waals surface area contributed by atoms with Gasteiger partial charge in [-0.05, 0) is 32.4 Å². The molecule has 124 valence electrons. The minimum absolute atomic E-state index is 0.702. The van der Waals surface area contributed by atoms with Crippen LogP contribution in [0.5, 0.6) is 0 Å². The molecule has 0 fully saturated rings. The van der Waals surface area contributed by atoms with Crippen LogP contribution in [0.1, 0.15) is 43.5 Å². The molecule has 6 heteroatoms. The summed E-state index contributed by atoms with van der Waals surface area (Å²) in [6.07, 6.45) is 4.21. The van der Waals surface area contributed by atoms with Crippen molar-refractivity contribution in [2.24, 2.45) is 7.05 Å². The highest BCUT2D eigenvalue weighted by Gasteiger charge is 2.22. The van der Waals surface area contributed by atoms with Crippen LogP contribution in [0.4, 0.5) is 0 Å². The Morgan fingerprint density at radius 2 is 2.26 bits per heavy atom. The first-order chi connectivity index (χ1) is 11.1. The molecule has 1 aliphatic rings. The third-order valence-electron chi connectivity index (χ3n) is 4.50. The molecule has 0 aliphatic carbocycles. The number of allylic oxidation sites excluding steroid dienone is 1. The van der Waals surface area contributed by atoms with Gasteiger partial charge in [-0.3, -0.25) is 14.3 Å². The minimum atomic E-state index is -0.729. The molecule has 1 N–H and O–H groups in total. The number of hydrogen-bond acceptors (Lipinski definition) is 4. The van der Waals surface area contributed by atoms with Crippen molar-refractivity contribution in [2.45, 2.75) is 39.5 Å². The first kappa shape index (κ1) is 16.0. The summed E-state index contributed by atoms with van der Waals surface area (Å²) >= 11 is 0. The van der Waals surface area contributed by atoms with Gasteiger partial charge in [0.15, 0.2) is 0 Å². The van der Waals surface area contributed by atoms with E-state index in [0.717, 1.165) is 38.3 Å². The molecule has 0 unspecified atom stereocenters. The van der Waals surface area contributed by atoms with E-state index in [1.54, 1.807) is 10.9 Å². The normalized spacial score (nSPS) is 17.8. The maximum atomic E-state index is 10.6. The van der Waals surface area contributed by atoms with Crippen LogP contribution in [0.25, 0.3) is 0 Å². The van der Waals surface area contributed by atoms with E-state index in [9.17, 15) is 5.11 Å². The Bertz CT molecular complexity index is 700. The van der Waals surface area contributed by atoms with E-state index < -0.39 is 6.10 Å². The zero-order chi connectivity index (χ0) is 16.4. The van der Waals surface area contributed by atoms with Crippen molar-refractivity contribution in [3.05, 3.63) is 47.1 Å². The van der Waals surface area contributed by atoms with Crippen LogP contribution >= 0.6 is 0 Å². The highest BCUT2D eigenvalue weighted by molar-refractivity contribution is 5.22. The summed E-state index contributed by atoms with van der Waals surface area (Å²) in [4.78, 5) is 2.44. The average Bonchev–Trinajstić information content (AvgIpc) is 3.09. The molecule has 0 spiro atoms. The lowest BCUT2D eigenvalue weighted by Gasteiger charge is -2.19. The molecule has 0 bridgehead atoms. The Hall–Kier alpha value is -1.92. The van der Waals surface area contributed by atoms with Crippen LogP contribution in [-0.4, -0.2) is 42.7 Å². The predicted molar refractivity (Wildman–Crippen MR) is 88.8 cm³/mol. The van der Waals surface area contributed by atoms with Gasteiger partial charge in [0.2, 0.25) is 0 Å². The fourth-order valence-electron chi connectivity index (χ4n) is 3.07. The molecule has 0 amide bonds. The second-order valence-corrected chi connectivity index (χ2v) is 6.27. The van der Waals surface area contributed by atoms with Crippen molar-refractivity contribution in [1.82, 2.24) is 24.5 Å². The lowest BCUT2D eigenvalue weighted by atomic mass is 10.1. The van der Waals surface area contributed by atoms with E-state index in [1.807, 2.05) is 23.9 Å². The number of fused-ring (bicyclic) bond motifs is 1. The maximum Gasteiger partial charge on any atom is 0.139 e. The molecule has 3 heterocycles. The van der Waals surface area contributed by atoms with Crippen molar-refractivity contribution in [2.75, 3.05) is 13.1 Å². The topological polar surface area (TPSA) is 59.1 Å². The van der Waals surface area contributed by atoms with Crippen LogP contribution in [0.3, 0.4) is 0 Å². The highest BCUT2D eigenvalue weighted by Crippen LogP contribution is 2.23. The van der Waals surface area contributed by atoms with Crippen LogP contribution in [0, 0.1) is 0 Å². The molecule has 6 nitrogen and oxygen atoms in total. The number of aliphatic hydroxyl groups is 1. The van der Waals surface area contributed by atoms with Crippen LogP contribution in [0.2, 0.25) is 0 Å². The average molecular weight is 315 g/mol. The fraction of sp³-hybridized carbons (Fsp3) is 0.529. The molecule has 3 rings (SSSR count). The van der Waals surface area contributed by atoms with Gasteiger partial charge >= 0.3 is 0 Å². The van der Waals surface area contributed by atoms with Gasteiger partial charge in [-0.2, -0.15) is 10.2 Å². The monoisotopic (exact) mass is 315 g/mol. The van der Waals surface area contributed by atoms with E-state index in [2.05, 4.69) is 35.0 Å². The van der Waals surface area contributed by atoms with Crippen molar-refractivity contribution < 1.29 is 5.11 Å². The molecular formula is C17H25N5O. The molecular weight excluding hydrogens is 290 g/mol. The summed E-state index contributed by atoms with van der Waals surface area (Å²) < 4.78 is 3.73. The van der Waals surface area contributed by atoms with Crippen molar-refractivity contribution in [3.63, 3.8) is 0 Å². The largest absolute Gasteiger partial charge is 0.380 e. The van der Waals surface area contributed by atoms with Gasteiger partial charge < -0.3 is 5.11 Å². The summed E-state index contributed by atoms with van der Waals surface area (Å²) in [6, 6.07) is 3.86. The van der Waals surface area contributed by atoms with Crippen molar-refractivity contribution in [1.29, 1.82) is 0 Å². The smallest absolute Gasteiger partial charge is 0.139 e. The molecule has 2 aromatic rings. The third kappa shape index (κ3) is 3.38. The molecule has 1 atom stereocenters. The fourth-order valence-corrected chi connectivity index (χ4v) is 3.07. The van der Waals surface area contributed by atoms with Crippen LogP contribution < -0.4 is 0 Å². The number of aromatic nitrogens is 4. The van der Waals surface area contributed by atoms with Gasteiger partial charge in [-0.15, -0.1) is 0 Å². The summed E-state index contributed by atoms with van der Waals surface area (Å²) in [7, 11) is 1.83. The van der Waals surface area contributed by atoms with Gasteiger partial charge in [-0.1, -0.05) is 11.6 Å². The SMILES string of the molecule is C/C=C(\C)CN1CCCn2nc([C@@H](O)c3ccnn3C)cc2C1. The standard InChI is InChI=1S/C17H25N5O/c1-4-13(2)11-21-8-5-9-22-14(12-21)10-15(19-22)17(23)16-6-7-18-20(16)3/h4,6-7,10,17,23H,5,8-9,11-12H2,1-3H3/b13-4+/t17-/m1/s1. The van der Waals surface area contributed by atoms with Crippen molar-refractivity contribution >= 4 is 0 Å². The molecule has 0 aromatic carbocycles. The third-order valence-corrected chi connectivity index (χ3v) is 4.50. The van der Waals surface area contributed by atoms with Gasteiger partial charge in [0.1, 0.15) is 6.10 Å². The molecule has 0 saturated heterocycles. The highest BCUT2D eigenvalue weighted by atomic mass is 16.3. The Labute approximate surface area is 137 Å². The van der Waals surface area contributed by atoms with Gasteiger partial charge in [-0.25, -0.2) is 0 Å². The Balaban J connectivity index is 1.81. The Morgan fingerprint density at radius 3 is 2.96 bits per heavy atom. The number of aryl methyl sites for hydroxylation is 2. The molecule has 0 radical (unpaired) electrons. The van der Waals surface area contributed by atoms with E-state index >= 15 is 0 Å². The van der Waals surface area contributed by atoms with Crippen molar-refractivity contribution in [3.8, 4) is 0 Å². The molecule has 2 aromatic heterocycles. The zero-order valence-electron chi connectivity index (χ0n) is 14.1. The maximum absolute atomic E-state index is 10.6. The predicted octanol–water partition coefficient (Wildman–Crippen LogP) is 1.87. The number of rotatable bonds is 4. The van der Waals surface area contributed by atoms with E-state index in [0.29, 0.717) is 5.69 Å². The molecule has 23 heavy (non-hydrogen) atoms. The van der Waals surface area contributed by atoms with Crippen LogP contribution in [-0.2, 0) is 20.1 Å². The van der Waals surface area contributed by atoms with E-state index in [-0.39, 0.29) is 0 Å². The zero-order valence-corrected chi connectivity index (χ0v) is 14.1. The number of aliphatic hydroxyl groups excluding tert-OH is 1. The lowest BCUT2D eigenvalue weighted by molar-refractivity contribution is 0.203. The van der Waals surface area contributed by atoms with Gasteiger partial charge in [0.25, 0.3) is 0 Å². The van der Waals surface area contributed by atoms with E-state index in [1.165, 1.54) is 11.3 Å². The minimum Gasteiger partial charge on any atom is -0.380 e. The van der Waals surface area contributed by atoms with Crippen LogP contribution in [0.15, 0.2) is 30.0 Å². The second kappa shape index (κ2) is 6.68. The first-order valence-corrected chi connectivity index (χ1v) is 8.15. The summed E-state index contributed by atoms with van der Waals surface area (Å²) in [5, 5.41) is 19.3. The Kier molecular flexibility index (Phi) is 4.63. The summed E-state index contributed by atoms with van der Waals surface area (Å²) in [5.74, 6) is 0. The second-order valence-electron chi connectivity index (χ2n) is 6.27. The lowest BCUT2D eigenvalue weighted by Crippen LogP contribution is -2.25. The summed E-state index contributed by atoms with van der Waals surface area (Å²) in [5.41, 5.74) is 4.02. The van der Waals surface area contributed by atoms with Gasteiger partial charge in [0, 0.05) is 39.4 Å². The first-order valence-electron chi connectivity index (χ1n) is 8.15. The van der Waals surface area contributed by atoms with E-state index in [4.69, 9.17) is 0 Å². The number of nitrogens with zero attached hydrogens (tertiary/aromatic N) is 5.